The monoisotopic (exact) mass is 433 g/mol. The lowest BCUT2D eigenvalue weighted by molar-refractivity contribution is -0.113. The third kappa shape index (κ3) is 5.39. The molecule has 152 valence electrons. The number of thiophene rings is 1. The van der Waals surface area contributed by atoms with Crippen LogP contribution in [0.4, 0.5) is 11.6 Å². The molecule has 0 radical (unpaired) electrons. The molecule has 0 fully saturated rings. The first-order valence-corrected chi connectivity index (χ1v) is 10.1. The smallest absolute Gasteiger partial charge is 0.264 e. The molecule has 2 heterocycles. The standard InChI is InChI=1S/C17H19N7O3S2/c1-26-13-6-5-11(8-14(13)27-2)20-15(25)10-29-17-23-22-16(24(17)18)21-19-9-12-4-3-7-28-12/h3-9H,10,18H2,1-2H3,(H,20,25)(H,21,22)/b19-9+. The molecule has 0 aliphatic carbocycles. The Labute approximate surface area is 175 Å². The van der Waals surface area contributed by atoms with E-state index in [-0.39, 0.29) is 17.6 Å². The summed E-state index contributed by atoms with van der Waals surface area (Å²) >= 11 is 2.71. The molecular formula is C17H19N7O3S2. The number of benzene rings is 1. The molecular weight excluding hydrogens is 414 g/mol. The molecule has 10 nitrogen and oxygen atoms in total. The van der Waals surface area contributed by atoms with Crippen molar-refractivity contribution in [3.8, 4) is 11.5 Å². The van der Waals surface area contributed by atoms with Gasteiger partial charge in [0.05, 0.1) is 26.2 Å². The molecule has 2 aromatic heterocycles. The van der Waals surface area contributed by atoms with Gasteiger partial charge in [-0.15, -0.1) is 21.5 Å². The van der Waals surface area contributed by atoms with Crippen molar-refractivity contribution >= 4 is 46.9 Å². The number of nitrogens with two attached hydrogens (primary N) is 1. The Morgan fingerprint density at radius 1 is 1.31 bits per heavy atom. The Bertz CT molecular complexity index is 989. The molecule has 0 bridgehead atoms. The number of rotatable bonds is 9. The fourth-order valence-corrected chi connectivity index (χ4v) is 3.45. The number of hydrogen-bond donors (Lipinski definition) is 3. The highest BCUT2D eigenvalue weighted by atomic mass is 32.2. The molecule has 29 heavy (non-hydrogen) atoms. The molecule has 1 amide bonds. The fourth-order valence-electron chi connectivity index (χ4n) is 2.21. The van der Waals surface area contributed by atoms with Crippen LogP contribution in [0.2, 0.25) is 0 Å². The highest BCUT2D eigenvalue weighted by Gasteiger charge is 2.13. The van der Waals surface area contributed by atoms with Crippen LogP contribution in [-0.2, 0) is 4.79 Å². The quantitative estimate of drug-likeness (QED) is 0.203. The molecule has 0 saturated carbocycles. The summed E-state index contributed by atoms with van der Waals surface area (Å²) < 4.78 is 11.6. The van der Waals surface area contributed by atoms with Crippen LogP contribution in [0.15, 0.2) is 46.0 Å². The van der Waals surface area contributed by atoms with Gasteiger partial charge < -0.3 is 20.6 Å². The van der Waals surface area contributed by atoms with E-state index in [9.17, 15) is 4.79 Å². The van der Waals surface area contributed by atoms with Crippen molar-refractivity contribution in [3.63, 3.8) is 0 Å². The lowest BCUT2D eigenvalue weighted by atomic mass is 10.2. The summed E-state index contributed by atoms with van der Waals surface area (Å²) in [6.07, 6.45) is 1.66. The summed E-state index contributed by atoms with van der Waals surface area (Å²) in [7, 11) is 3.08. The number of methoxy groups -OCH3 is 2. The van der Waals surface area contributed by atoms with Gasteiger partial charge in [0, 0.05) is 16.6 Å². The first kappa shape index (κ1) is 20.5. The number of ether oxygens (including phenoxy) is 2. The summed E-state index contributed by atoms with van der Waals surface area (Å²) in [5, 5.41) is 17.1. The second-order valence-corrected chi connectivity index (χ2v) is 7.39. The third-order valence-corrected chi connectivity index (χ3v) is 5.31. The van der Waals surface area contributed by atoms with Crippen molar-refractivity contribution in [2.45, 2.75) is 5.16 Å². The Balaban J connectivity index is 1.53. The van der Waals surface area contributed by atoms with Gasteiger partial charge in [-0.2, -0.15) is 5.10 Å². The first-order valence-electron chi connectivity index (χ1n) is 8.28. The predicted molar refractivity (Wildman–Crippen MR) is 115 cm³/mol. The predicted octanol–water partition coefficient (Wildman–Crippen LogP) is 2.25. The molecule has 0 atom stereocenters. The van der Waals surface area contributed by atoms with Gasteiger partial charge in [0.15, 0.2) is 11.5 Å². The van der Waals surface area contributed by atoms with Crippen molar-refractivity contribution in [2.24, 2.45) is 5.10 Å². The van der Waals surface area contributed by atoms with Gasteiger partial charge in [0.2, 0.25) is 11.1 Å². The van der Waals surface area contributed by atoms with Gasteiger partial charge in [-0.3, -0.25) is 4.79 Å². The van der Waals surface area contributed by atoms with Crippen LogP contribution in [0.1, 0.15) is 4.88 Å². The number of carbonyl (C=O) groups is 1. The fraction of sp³-hybridized carbons (Fsp3) is 0.176. The van der Waals surface area contributed by atoms with E-state index in [0.29, 0.717) is 22.3 Å². The van der Waals surface area contributed by atoms with E-state index in [1.807, 2.05) is 17.5 Å². The van der Waals surface area contributed by atoms with Gasteiger partial charge in [0.25, 0.3) is 5.95 Å². The zero-order chi connectivity index (χ0) is 20.6. The molecule has 0 aliphatic rings. The number of anilines is 2. The second-order valence-electron chi connectivity index (χ2n) is 5.47. The lowest BCUT2D eigenvalue weighted by Crippen LogP contribution is -2.17. The number of aromatic nitrogens is 3. The van der Waals surface area contributed by atoms with Crippen LogP contribution in [0.25, 0.3) is 0 Å². The molecule has 1 aromatic carbocycles. The van der Waals surface area contributed by atoms with Crippen molar-refractivity contribution in [3.05, 3.63) is 40.6 Å². The Morgan fingerprint density at radius 3 is 2.86 bits per heavy atom. The number of nitrogens with one attached hydrogen (secondary N) is 2. The van der Waals surface area contributed by atoms with Crippen molar-refractivity contribution in [1.82, 2.24) is 14.9 Å². The van der Waals surface area contributed by atoms with E-state index < -0.39 is 0 Å². The largest absolute Gasteiger partial charge is 0.493 e. The molecule has 3 rings (SSSR count). The number of carbonyl (C=O) groups excluding carboxylic acids is 1. The van der Waals surface area contributed by atoms with E-state index >= 15 is 0 Å². The van der Waals surface area contributed by atoms with Gasteiger partial charge in [-0.1, -0.05) is 17.8 Å². The molecule has 0 unspecified atom stereocenters. The van der Waals surface area contributed by atoms with Gasteiger partial charge >= 0.3 is 0 Å². The SMILES string of the molecule is COc1ccc(NC(=O)CSc2nnc(N/N=C/c3cccs3)n2N)cc1OC. The number of hydrazone groups is 1. The molecule has 0 saturated heterocycles. The van der Waals surface area contributed by atoms with Crippen LogP contribution < -0.4 is 26.1 Å². The van der Waals surface area contributed by atoms with Gasteiger partial charge in [-0.25, -0.2) is 10.1 Å². The molecule has 0 spiro atoms. The summed E-state index contributed by atoms with van der Waals surface area (Å²) in [6, 6.07) is 8.98. The minimum absolute atomic E-state index is 0.0993. The number of nitrogen functional groups attached to an aromatic ring is 1. The van der Waals surface area contributed by atoms with E-state index in [2.05, 4.69) is 26.0 Å². The van der Waals surface area contributed by atoms with E-state index in [1.54, 1.807) is 42.9 Å². The Kier molecular flexibility index (Phi) is 6.92. The second kappa shape index (κ2) is 9.80. The maximum absolute atomic E-state index is 12.2. The zero-order valence-electron chi connectivity index (χ0n) is 15.7. The normalized spacial score (nSPS) is 10.8. The Hall–Kier alpha value is -3.25. The maximum atomic E-state index is 12.2. The minimum atomic E-state index is -0.226. The van der Waals surface area contributed by atoms with Gasteiger partial charge in [-0.05, 0) is 23.6 Å². The average molecular weight is 434 g/mol. The van der Waals surface area contributed by atoms with Crippen LogP contribution in [-0.4, -0.2) is 47.0 Å². The van der Waals surface area contributed by atoms with Crippen LogP contribution >= 0.6 is 23.1 Å². The zero-order valence-corrected chi connectivity index (χ0v) is 17.3. The highest BCUT2D eigenvalue weighted by molar-refractivity contribution is 7.99. The van der Waals surface area contributed by atoms with Crippen molar-refractivity contribution in [1.29, 1.82) is 0 Å². The Morgan fingerprint density at radius 2 is 2.14 bits per heavy atom. The number of hydrogen-bond acceptors (Lipinski definition) is 10. The molecule has 12 heteroatoms. The minimum Gasteiger partial charge on any atom is -0.493 e. The molecule has 4 N–H and O–H groups in total. The average Bonchev–Trinajstić information content (AvgIpc) is 3.37. The molecule has 3 aromatic rings. The number of nitrogens with zero attached hydrogens (tertiary/aromatic N) is 4. The van der Waals surface area contributed by atoms with E-state index in [0.717, 1.165) is 16.6 Å². The summed E-state index contributed by atoms with van der Waals surface area (Å²) in [5.74, 6) is 7.19. The summed E-state index contributed by atoms with van der Waals surface area (Å²) in [5.41, 5.74) is 3.31. The van der Waals surface area contributed by atoms with E-state index in [1.165, 1.54) is 11.8 Å². The third-order valence-electron chi connectivity index (χ3n) is 3.56. The summed E-state index contributed by atoms with van der Waals surface area (Å²) in [6.45, 7) is 0. The van der Waals surface area contributed by atoms with Crippen LogP contribution in [0.5, 0.6) is 11.5 Å². The maximum Gasteiger partial charge on any atom is 0.264 e. The first-order chi connectivity index (χ1) is 14.1. The van der Waals surface area contributed by atoms with Crippen LogP contribution in [0.3, 0.4) is 0 Å². The highest BCUT2D eigenvalue weighted by Crippen LogP contribution is 2.29. The van der Waals surface area contributed by atoms with Crippen LogP contribution in [0, 0.1) is 0 Å². The van der Waals surface area contributed by atoms with Crippen molar-refractivity contribution < 1.29 is 14.3 Å². The van der Waals surface area contributed by atoms with Gasteiger partial charge in [0.1, 0.15) is 0 Å². The summed E-state index contributed by atoms with van der Waals surface area (Å²) in [4.78, 5) is 13.2. The van der Waals surface area contributed by atoms with Crippen molar-refractivity contribution in [2.75, 3.05) is 36.6 Å². The lowest BCUT2D eigenvalue weighted by Gasteiger charge is -2.10. The molecule has 0 aliphatic heterocycles. The topological polar surface area (TPSA) is 129 Å². The number of amides is 1. The van der Waals surface area contributed by atoms with E-state index in [4.69, 9.17) is 15.3 Å². The number of thioether (sulfide) groups is 1.